The lowest BCUT2D eigenvalue weighted by Gasteiger charge is -2.13. The summed E-state index contributed by atoms with van der Waals surface area (Å²) < 4.78 is 8.21. The van der Waals surface area contributed by atoms with Crippen molar-refractivity contribution in [3.63, 3.8) is 0 Å². The van der Waals surface area contributed by atoms with Crippen LogP contribution in [0.15, 0.2) is 59.1 Å². The molecule has 1 atom stereocenters. The van der Waals surface area contributed by atoms with Crippen molar-refractivity contribution in [3.05, 3.63) is 70.5 Å². The van der Waals surface area contributed by atoms with E-state index in [2.05, 4.69) is 31.6 Å². The Kier molecular flexibility index (Phi) is 5.92. The van der Waals surface area contributed by atoms with Gasteiger partial charge in [0.25, 0.3) is 5.91 Å². The smallest absolute Gasteiger partial charge is 0.273 e. The fraction of sp³-hybridized carbons (Fsp3) is 0.286. The Morgan fingerprint density at radius 2 is 1.93 bits per heavy atom. The van der Waals surface area contributed by atoms with Crippen molar-refractivity contribution in [1.82, 2.24) is 20.3 Å². The lowest BCUT2D eigenvalue weighted by molar-refractivity contribution is 0.0839. The van der Waals surface area contributed by atoms with Crippen LogP contribution in [0.2, 0.25) is 0 Å². The topological polar surface area (TPSA) is 89.3 Å². The number of para-hydroxylation sites is 1. The minimum Gasteiger partial charge on any atom is -0.491 e. The lowest BCUT2D eigenvalue weighted by atomic mass is 10.2. The van der Waals surface area contributed by atoms with Gasteiger partial charge in [-0.2, -0.15) is 0 Å². The van der Waals surface area contributed by atoms with Gasteiger partial charge < -0.3 is 15.2 Å². The maximum absolute atomic E-state index is 12.7. The highest BCUT2D eigenvalue weighted by Crippen LogP contribution is 2.42. The second-order valence-corrected chi connectivity index (χ2v) is 7.89. The van der Waals surface area contributed by atoms with E-state index in [1.807, 2.05) is 54.6 Å². The van der Waals surface area contributed by atoms with Crippen LogP contribution in [-0.2, 0) is 0 Å². The van der Waals surface area contributed by atoms with Gasteiger partial charge >= 0.3 is 0 Å². The number of benzene rings is 2. The van der Waals surface area contributed by atoms with E-state index in [0.717, 1.165) is 28.7 Å². The largest absolute Gasteiger partial charge is 0.491 e. The van der Waals surface area contributed by atoms with Gasteiger partial charge in [0.15, 0.2) is 5.69 Å². The Hall–Kier alpha value is -2.71. The molecule has 0 saturated heterocycles. The van der Waals surface area contributed by atoms with Gasteiger partial charge in [0, 0.05) is 16.9 Å². The van der Waals surface area contributed by atoms with Gasteiger partial charge in [-0.15, -0.1) is 5.10 Å². The van der Waals surface area contributed by atoms with E-state index >= 15 is 0 Å². The second-order valence-electron chi connectivity index (χ2n) is 6.97. The number of nitrogens with one attached hydrogen (secondary N) is 1. The van der Waals surface area contributed by atoms with Crippen LogP contribution in [0.3, 0.4) is 0 Å². The number of aromatic nitrogens is 3. The Balaban J connectivity index is 1.40. The fourth-order valence-corrected chi connectivity index (χ4v) is 3.27. The van der Waals surface area contributed by atoms with Crippen molar-refractivity contribution in [1.29, 1.82) is 0 Å². The zero-order valence-corrected chi connectivity index (χ0v) is 17.2. The van der Waals surface area contributed by atoms with Crippen LogP contribution < -0.4 is 10.1 Å². The number of hydrogen-bond acceptors (Lipinski definition) is 5. The molecule has 3 aromatic rings. The molecule has 150 valence electrons. The summed E-state index contributed by atoms with van der Waals surface area (Å²) >= 11 is 3.42. The van der Waals surface area contributed by atoms with Crippen LogP contribution in [0, 0.1) is 0 Å². The molecule has 1 unspecified atom stereocenters. The monoisotopic (exact) mass is 456 g/mol. The molecule has 1 heterocycles. The summed E-state index contributed by atoms with van der Waals surface area (Å²) in [5.41, 5.74) is 1.99. The van der Waals surface area contributed by atoms with Crippen molar-refractivity contribution in [3.8, 4) is 11.4 Å². The molecule has 4 rings (SSSR count). The summed E-state index contributed by atoms with van der Waals surface area (Å²) in [5, 5.41) is 21.2. The number of hydrogen-bond donors (Lipinski definition) is 2. The summed E-state index contributed by atoms with van der Waals surface area (Å²) in [4.78, 5) is 12.7. The molecule has 7 nitrogen and oxygen atoms in total. The first-order valence-corrected chi connectivity index (χ1v) is 10.3. The zero-order chi connectivity index (χ0) is 20.2. The van der Waals surface area contributed by atoms with E-state index in [1.54, 1.807) is 4.68 Å². The molecule has 0 radical (unpaired) electrons. The van der Waals surface area contributed by atoms with Gasteiger partial charge in [-0.3, -0.25) is 4.79 Å². The molecule has 2 aromatic carbocycles. The summed E-state index contributed by atoms with van der Waals surface area (Å²) in [5.74, 6) is 0.612. The number of aliphatic hydroxyl groups excluding tert-OH is 1. The highest BCUT2D eigenvalue weighted by molar-refractivity contribution is 9.10. The highest BCUT2D eigenvalue weighted by atomic mass is 79.9. The number of aliphatic hydroxyl groups is 1. The van der Waals surface area contributed by atoms with Crippen LogP contribution in [0.25, 0.3) is 5.69 Å². The number of carbonyl (C=O) groups excluding carboxylic acids is 1. The van der Waals surface area contributed by atoms with Gasteiger partial charge in [0.05, 0.1) is 11.4 Å². The Labute approximate surface area is 176 Å². The molecule has 8 heteroatoms. The van der Waals surface area contributed by atoms with Crippen LogP contribution in [0.5, 0.6) is 5.75 Å². The fourth-order valence-electron chi connectivity index (χ4n) is 3.01. The van der Waals surface area contributed by atoms with Crippen molar-refractivity contribution < 1.29 is 14.6 Å². The van der Waals surface area contributed by atoms with Gasteiger partial charge in [-0.25, -0.2) is 4.68 Å². The van der Waals surface area contributed by atoms with Crippen molar-refractivity contribution in [2.75, 3.05) is 13.2 Å². The van der Waals surface area contributed by atoms with Crippen LogP contribution in [0.4, 0.5) is 0 Å². The van der Waals surface area contributed by atoms with Crippen LogP contribution >= 0.6 is 15.9 Å². The average Bonchev–Trinajstić information content (AvgIpc) is 3.49. The van der Waals surface area contributed by atoms with Gasteiger partial charge in [0.2, 0.25) is 0 Å². The molecule has 1 fully saturated rings. The molecule has 29 heavy (non-hydrogen) atoms. The molecule has 0 aliphatic heterocycles. The van der Waals surface area contributed by atoms with E-state index in [-0.39, 0.29) is 25.0 Å². The summed E-state index contributed by atoms with van der Waals surface area (Å²) in [6.45, 7) is 0.159. The van der Waals surface area contributed by atoms with Gasteiger partial charge in [-0.1, -0.05) is 39.3 Å². The van der Waals surface area contributed by atoms with Crippen molar-refractivity contribution >= 4 is 21.8 Å². The maximum Gasteiger partial charge on any atom is 0.273 e. The molecule has 2 N–H and O–H groups in total. The summed E-state index contributed by atoms with van der Waals surface area (Å²) in [7, 11) is 0. The number of carbonyl (C=O) groups is 1. The van der Waals surface area contributed by atoms with E-state index in [1.165, 1.54) is 0 Å². The van der Waals surface area contributed by atoms with Crippen molar-refractivity contribution in [2.45, 2.75) is 24.9 Å². The molecule has 0 bridgehead atoms. The number of rotatable bonds is 8. The normalized spacial score (nSPS) is 14.4. The first kappa shape index (κ1) is 19.6. The van der Waals surface area contributed by atoms with E-state index in [0.29, 0.717) is 11.4 Å². The third kappa shape index (κ3) is 4.83. The predicted molar refractivity (Wildman–Crippen MR) is 111 cm³/mol. The van der Waals surface area contributed by atoms with Crippen molar-refractivity contribution in [2.24, 2.45) is 0 Å². The summed E-state index contributed by atoms with van der Waals surface area (Å²) in [6.07, 6.45) is 1.19. The number of nitrogens with zero attached hydrogens (tertiary/aromatic N) is 3. The standard InChI is InChI=1S/C21H21BrN4O3/c22-15-8-10-16(11-9-15)26-20(14-6-7-14)19(24-25-26)21(28)23-12-17(27)13-29-18-4-2-1-3-5-18/h1-5,8-11,14,17,27H,6-7,12-13H2,(H,23,28). The molecule has 1 aliphatic carbocycles. The molecule has 0 spiro atoms. The minimum atomic E-state index is -0.829. The second kappa shape index (κ2) is 8.75. The SMILES string of the molecule is O=C(NCC(O)COc1ccccc1)c1nnn(-c2ccc(Br)cc2)c1C1CC1. The summed E-state index contributed by atoms with van der Waals surface area (Å²) in [6, 6.07) is 16.9. The predicted octanol–water partition coefficient (Wildman–Crippen LogP) is 3.08. The highest BCUT2D eigenvalue weighted by Gasteiger charge is 2.34. The number of ether oxygens (including phenoxy) is 1. The van der Waals surface area contributed by atoms with Crippen LogP contribution in [0.1, 0.15) is 34.9 Å². The molecule has 1 amide bonds. The molecule has 1 saturated carbocycles. The Morgan fingerprint density at radius 3 is 2.62 bits per heavy atom. The third-order valence-electron chi connectivity index (χ3n) is 4.64. The molecule has 1 aromatic heterocycles. The average molecular weight is 457 g/mol. The maximum atomic E-state index is 12.7. The minimum absolute atomic E-state index is 0.0704. The van der Waals surface area contributed by atoms with Gasteiger partial charge in [-0.05, 0) is 49.2 Å². The Morgan fingerprint density at radius 1 is 1.21 bits per heavy atom. The molecular formula is C21H21BrN4O3. The number of amides is 1. The lowest BCUT2D eigenvalue weighted by Crippen LogP contribution is -2.35. The van der Waals surface area contributed by atoms with E-state index in [4.69, 9.17) is 4.74 Å². The quantitative estimate of drug-likeness (QED) is 0.543. The van der Waals surface area contributed by atoms with Crippen LogP contribution in [-0.4, -0.2) is 45.3 Å². The third-order valence-corrected chi connectivity index (χ3v) is 5.17. The molecular weight excluding hydrogens is 436 g/mol. The number of halogens is 1. The molecule has 1 aliphatic rings. The van der Waals surface area contributed by atoms with E-state index < -0.39 is 6.10 Å². The Bertz CT molecular complexity index is 971. The van der Waals surface area contributed by atoms with Gasteiger partial charge in [0.1, 0.15) is 18.5 Å². The zero-order valence-electron chi connectivity index (χ0n) is 15.7. The van der Waals surface area contributed by atoms with E-state index in [9.17, 15) is 9.90 Å². The first-order chi connectivity index (χ1) is 14.1. The first-order valence-electron chi connectivity index (χ1n) is 9.47.